The van der Waals surface area contributed by atoms with Crippen molar-refractivity contribution in [3.8, 4) is 11.5 Å². The minimum Gasteiger partial charge on any atom is -0.508 e. The van der Waals surface area contributed by atoms with Crippen LogP contribution in [0.25, 0.3) is 0 Å². The van der Waals surface area contributed by atoms with Crippen LogP contribution < -0.4 is 10.1 Å². The zero-order valence-corrected chi connectivity index (χ0v) is 9.87. The molecule has 0 aromatic heterocycles. The van der Waals surface area contributed by atoms with E-state index in [4.69, 9.17) is 4.74 Å². The molecular formula is C12H17FN2O2. The molecule has 1 aliphatic heterocycles. The molecule has 0 spiro atoms. The van der Waals surface area contributed by atoms with Gasteiger partial charge in [0.15, 0.2) is 11.6 Å². The second-order valence-electron chi connectivity index (χ2n) is 4.11. The fourth-order valence-electron chi connectivity index (χ4n) is 1.99. The van der Waals surface area contributed by atoms with Crippen molar-refractivity contribution in [1.29, 1.82) is 0 Å². The third-order valence-corrected chi connectivity index (χ3v) is 2.99. The number of hydrogen-bond donors (Lipinski definition) is 2. The average Bonchev–Trinajstić information content (AvgIpc) is 2.36. The summed E-state index contributed by atoms with van der Waals surface area (Å²) in [6.45, 7) is 3.92. The smallest absolute Gasteiger partial charge is 0.173 e. The van der Waals surface area contributed by atoms with Gasteiger partial charge in [-0.15, -0.1) is 0 Å². The predicted molar refractivity (Wildman–Crippen MR) is 62.8 cm³/mol. The van der Waals surface area contributed by atoms with Gasteiger partial charge in [0.2, 0.25) is 0 Å². The molecule has 1 aromatic carbocycles. The van der Waals surface area contributed by atoms with Crippen LogP contribution in [0.2, 0.25) is 0 Å². The van der Waals surface area contributed by atoms with E-state index in [1.807, 2.05) is 0 Å². The summed E-state index contributed by atoms with van der Waals surface area (Å²) in [6.07, 6.45) is 0. The van der Waals surface area contributed by atoms with Gasteiger partial charge in [-0.05, 0) is 12.1 Å². The lowest BCUT2D eigenvalue weighted by molar-refractivity contribution is 0.226. The van der Waals surface area contributed by atoms with Gasteiger partial charge < -0.3 is 15.2 Å². The Morgan fingerprint density at radius 2 is 2.12 bits per heavy atom. The average molecular weight is 240 g/mol. The standard InChI is InChI=1S/C12H17FN2O2/c1-17-11-3-2-10(16)9(12(11)13)8-15-6-4-14-5-7-15/h2-3,14,16H,4-8H2,1H3. The van der Waals surface area contributed by atoms with Gasteiger partial charge in [-0.3, -0.25) is 4.90 Å². The molecule has 2 rings (SSSR count). The van der Waals surface area contributed by atoms with Gasteiger partial charge in [0, 0.05) is 38.3 Å². The van der Waals surface area contributed by atoms with Gasteiger partial charge in [0.25, 0.3) is 0 Å². The van der Waals surface area contributed by atoms with Gasteiger partial charge in [-0.1, -0.05) is 0 Å². The topological polar surface area (TPSA) is 44.7 Å². The van der Waals surface area contributed by atoms with Crippen LogP contribution >= 0.6 is 0 Å². The van der Waals surface area contributed by atoms with Gasteiger partial charge in [-0.25, -0.2) is 4.39 Å². The molecule has 94 valence electrons. The Balaban J connectivity index is 2.18. The number of ether oxygens (including phenoxy) is 1. The highest BCUT2D eigenvalue weighted by Gasteiger charge is 2.18. The fraction of sp³-hybridized carbons (Fsp3) is 0.500. The van der Waals surface area contributed by atoms with Crippen molar-refractivity contribution in [2.75, 3.05) is 33.3 Å². The predicted octanol–water partition coefficient (Wildman–Crippen LogP) is 0.945. The maximum Gasteiger partial charge on any atom is 0.173 e. The van der Waals surface area contributed by atoms with E-state index in [1.54, 1.807) is 0 Å². The number of aromatic hydroxyl groups is 1. The SMILES string of the molecule is COc1ccc(O)c(CN2CCNCC2)c1F. The zero-order chi connectivity index (χ0) is 12.3. The first-order valence-corrected chi connectivity index (χ1v) is 5.69. The monoisotopic (exact) mass is 240 g/mol. The fourth-order valence-corrected chi connectivity index (χ4v) is 1.99. The Labute approximate surface area is 100.0 Å². The van der Waals surface area contributed by atoms with E-state index in [-0.39, 0.29) is 11.5 Å². The quantitative estimate of drug-likeness (QED) is 0.825. The summed E-state index contributed by atoms with van der Waals surface area (Å²) in [6, 6.07) is 2.91. The van der Waals surface area contributed by atoms with Crippen LogP contribution in [0.15, 0.2) is 12.1 Å². The Hall–Kier alpha value is -1.33. The Morgan fingerprint density at radius 1 is 1.41 bits per heavy atom. The van der Waals surface area contributed by atoms with Crippen molar-refractivity contribution in [3.63, 3.8) is 0 Å². The van der Waals surface area contributed by atoms with E-state index in [0.717, 1.165) is 26.2 Å². The van der Waals surface area contributed by atoms with E-state index in [9.17, 15) is 9.50 Å². The number of rotatable bonds is 3. The van der Waals surface area contributed by atoms with E-state index >= 15 is 0 Å². The van der Waals surface area contributed by atoms with Crippen molar-refractivity contribution in [2.45, 2.75) is 6.54 Å². The minimum atomic E-state index is -0.467. The molecule has 0 saturated carbocycles. The number of nitrogens with one attached hydrogen (secondary N) is 1. The van der Waals surface area contributed by atoms with Gasteiger partial charge in [0.05, 0.1) is 7.11 Å². The molecule has 2 N–H and O–H groups in total. The van der Waals surface area contributed by atoms with Crippen LogP contribution in [-0.2, 0) is 6.54 Å². The van der Waals surface area contributed by atoms with E-state index in [2.05, 4.69) is 10.2 Å². The number of phenols is 1. The molecule has 5 heteroatoms. The number of hydrogen-bond acceptors (Lipinski definition) is 4. The maximum atomic E-state index is 14.0. The molecule has 1 fully saturated rings. The molecule has 0 unspecified atom stereocenters. The molecule has 1 saturated heterocycles. The largest absolute Gasteiger partial charge is 0.508 e. The first kappa shape index (κ1) is 12.1. The van der Waals surface area contributed by atoms with E-state index in [0.29, 0.717) is 12.1 Å². The van der Waals surface area contributed by atoms with Crippen LogP contribution in [-0.4, -0.2) is 43.3 Å². The minimum absolute atomic E-state index is 0.0122. The second kappa shape index (κ2) is 5.33. The molecule has 0 aliphatic carbocycles. The van der Waals surface area contributed by atoms with Crippen molar-refractivity contribution >= 4 is 0 Å². The highest BCUT2D eigenvalue weighted by Crippen LogP contribution is 2.29. The van der Waals surface area contributed by atoms with Crippen LogP contribution in [0, 0.1) is 5.82 Å². The van der Waals surface area contributed by atoms with Crippen molar-refractivity contribution in [1.82, 2.24) is 10.2 Å². The molecule has 0 atom stereocenters. The summed E-state index contributed by atoms with van der Waals surface area (Å²) in [5, 5.41) is 12.9. The summed E-state index contributed by atoms with van der Waals surface area (Å²) in [5.74, 6) is -0.305. The number of benzene rings is 1. The first-order valence-electron chi connectivity index (χ1n) is 5.69. The lowest BCUT2D eigenvalue weighted by atomic mass is 10.1. The zero-order valence-electron chi connectivity index (χ0n) is 9.87. The molecule has 0 bridgehead atoms. The number of phenolic OH excluding ortho intramolecular Hbond substituents is 1. The van der Waals surface area contributed by atoms with Crippen LogP contribution in [0.5, 0.6) is 11.5 Å². The molecule has 1 heterocycles. The molecule has 0 radical (unpaired) electrons. The number of piperazine rings is 1. The van der Waals surface area contributed by atoms with Crippen LogP contribution in [0.3, 0.4) is 0 Å². The summed E-state index contributed by atoms with van der Waals surface area (Å²) in [7, 11) is 1.42. The van der Waals surface area contributed by atoms with Gasteiger partial charge in [0.1, 0.15) is 5.75 Å². The molecular weight excluding hydrogens is 223 g/mol. The molecule has 1 aromatic rings. The first-order chi connectivity index (χ1) is 8.22. The number of nitrogens with zero attached hydrogens (tertiary/aromatic N) is 1. The maximum absolute atomic E-state index is 14.0. The number of halogens is 1. The number of methoxy groups -OCH3 is 1. The second-order valence-corrected chi connectivity index (χ2v) is 4.11. The van der Waals surface area contributed by atoms with Gasteiger partial charge in [-0.2, -0.15) is 0 Å². The van der Waals surface area contributed by atoms with E-state index in [1.165, 1.54) is 19.2 Å². The van der Waals surface area contributed by atoms with E-state index < -0.39 is 5.82 Å². The highest BCUT2D eigenvalue weighted by atomic mass is 19.1. The van der Waals surface area contributed by atoms with Gasteiger partial charge >= 0.3 is 0 Å². The molecule has 4 nitrogen and oxygen atoms in total. The summed E-state index contributed by atoms with van der Waals surface area (Å²) >= 11 is 0. The normalized spacial score (nSPS) is 17.1. The highest BCUT2D eigenvalue weighted by molar-refractivity contribution is 5.41. The lowest BCUT2D eigenvalue weighted by Gasteiger charge is -2.27. The van der Waals surface area contributed by atoms with Crippen molar-refractivity contribution < 1.29 is 14.2 Å². The summed E-state index contributed by atoms with van der Waals surface area (Å²) in [5.41, 5.74) is 0.311. The Morgan fingerprint density at radius 3 is 2.76 bits per heavy atom. The van der Waals surface area contributed by atoms with Crippen molar-refractivity contribution in [2.24, 2.45) is 0 Å². The third-order valence-electron chi connectivity index (χ3n) is 2.99. The van der Waals surface area contributed by atoms with Crippen LogP contribution in [0.4, 0.5) is 4.39 Å². The molecule has 0 amide bonds. The van der Waals surface area contributed by atoms with Crippen LogP contribution in [0.1, 0.15) is 5.56 Å². The molecule has 1 aliphatic rings. The van der Waals surface area contributed by atoms with Crippen molar-refractivity contribution in [3.05, 3.63) is 23.5 Å². The molecule has 17 heavy (non-hydrogen) atoms. The Bertz CT molecular complexity index is 392. The summed E-state index contributed by atoms with van der Waals surface area (Å²) < 4.78 is 18.9. The third kappa shape index (κ3) is 2.68. The lowest BCUT2D eigenvalue weighted by Crippen LogP contribution is -2.43. The Kier molecular flexibility index (Phi) is 3.81. The summed E-state index contributed by atoms with van der Waals surface area (Å²) in [4.78, 5) is 2.11.